The summed E-state index contributed by atoms with van der Waals surface area (Å²) in [6.07, 6.45) is 4.98. The van der Waals surface area contributed by atoms with Crippen LogP contribution in [-0.2, 0) is 33.7 Å². The fourth-order valence-corrected chi connectivity index (χ4v) is 13.5. The summed E-state index contributed by atoms with van der Waals surface area (Å²) in [5.74, 6) is 0. The van der Waals surface area contributed by atoms with Crippen LogP contribution in [0.1, 0.15) is 93.4 Å². The Hall–Kier alpha value is -2.19. The molecule has 0 saturated heterocycles. The van der Waals surface area contributed by atoms with Crippen LogP contribution < -0.4 is 24.8 Å². The first-order chi connectivity index (χ1) is 18.6. The van der Waals surface area contributed by atoms with Crippen LogP contribution in [0.15, 0.2) is 97.1 Å². The van der Waals surface area contributed by atoms with Gasteiger partial charge in [-0.2, -0.15) is 0 Å². The minimum absolute atomic E-state index is 0. The van der Waals surface area contributed by atoms with E-state index < -0.39 is 22.9 Å². The molecule has 4 aromatic rings. The Morgan fingerprint density at radius 3 is 1.15 bits per heavy atom. The van der Waals surface area contributed by atoms with Crippen molar-refractivity contribution in [3.05, 3.63) is 142 Å². The molecule has 0 amide bonds. The van der Waals surface area contributed by atoms with Crippen LogP contribution in [0, 0.1) is 0 Å². The van der Waals surface area contributed by atoms with E-state index in [0.717, 1.165) is 0 Å². The Bertz CT molecular complexity index is 1460. The normalized spacial score (nSPS) is 17.3. The molecule has 4 aromatic carbocycles. The van der Waals surface area contributed by atoms with Crippen LogP contribution in [-0.4, -0.2) is 0 Å². The first kappa shape index (κ1) is 31.7. The average molecular weight is 744 g/mol. The van der Waals surface area contributed by atoms with Gasteiger partial charge in [0, 0.05) is 0 Å². The number of fused-ring (bicyclic) bond motifs is 2. The Kier molecular flexibility index (Phi) is 9.44. The number of hydrogen-bond donors (Lipinski definition) is 0. The van der Waals surface area contributed by atoms with E-state index in [9.17, 15) is 0 Å². The molecule has 0 heterocycles. The molecule has 3 heteroatoms. The summed E-state index contributed by atoms with van der Waals surface area (Å²) in [5, 5.41) is 0. The minimum atomic E-state index is -1.33. The van der Waals surface area contributed by atoms with E-state index in [2.05, 4.69) is 151 Å². The zero-order chi connectivity index (χ0) is 27.4. The standard InChI is InChI=1S/2C19H19.2ClH.Hf/c2*1-19(2,3)18-10-8-14(9-11-18)17-12-15-6-4-5-7-16(15)13-17;;;/h2*4-13H,1-3H3;2*1H;/q;;;;+2/p-2. The molecule has 2 unspecified atom stereocenters. The monoisotopic (exact) mass is 744 g/mol. The van der Waals surface area contributed by atoms with Crippen molar-refractivity contribution in [1.29, 1.82) is 0 Å². The number of allylic oxidation sites excluding steroid dienone is 2. The third-order valence-corrected chi connectivity index (χ3v) is 15.2. The first-order valence-corrected chi connectivity index (χ1v) is 18.3. The average Bonchev–Trinajstić information content (AvgIpc) is 3.47. The molecule has 2 aliphatic rings. The van der Waals surface area contributed by atoms with E-state index in [0.29, 0.717) is 7.35 Å². The Labute approximate surface area is 270 Å². The van der Waals surface area contributed by atoms with Crippen LogP contribution in [0.5, 0.6) is 0 Å². The topological polar surface area (TPSA) is 0 Å². The van der Waals surface area contributed by atoms with Crippen molar-refractivity contribution in [2.75, 3.05) is 0 Å². The predicted octanol–water partition coefficient (Wildman–Crippen LogP) is 4.26. The van der Waals surface area contributed by atoms with Crippen LogP contribution in [0.4, 0.5) is 0 Å². The van der Waals surface area contributed by atoms with Gasteiger partial charge in [-0.3, -0.25) is 0 Å². The fourth-order valence-electron chi connectivity index (χ4n) is 6.00. The fraction of sp³-hybridized carbons (Fsp3) is 0.263. The summed E-state index contributed by atoms with van der Waals surface area (Å²) < 4.78 is 1.10. The molecule has 2 aliphatic carbocycles. The maximum Gasteiger partial charge on any atom is -1.00 e. The zero-order valence-electron chi connectivity index (χ0n) is 24.8. The Balaban J connectivity index is 0.00000194. The maximum absolute atomic E-state index is 2.49. The van der Waals surface area contributed by atoms with Crippen LogP contribution in [0.2, 0.25) is 0 Å². The second-order valence-corrected chi connectivity index (χ2v) is 18.5. The van der Waals surface area contributed by atoms with E-state index in [-0.39, 0.29) is 35.6 Å². The van der Waals surface area contributed by atoms with E-state index in [1.165, 1.54) is 44.5 Å². The molecule has 0 bridgehead atoms. The molecule has 0 fully saturated rings. The Morgan fingerprint density at radius 2 is 0.805 bits per heavy atom. The van der Waals surface area contributed by atoms with E-state index in [1.54, 1.807) is 11.1 Å². The number of benzene rings is 4. The van der Waals surface area contributed by atoms with Crippen LogP contribution in [0.25, 0.3) is 23.3 Å². The maximum atomic E-state index is 2.49. The van der Waals surface area contributed by atoms with Gasteiger partial charge in [-0.15, -0.1) is 0 Å². The molecule has 0 aliphatic heterocycles. The van der Waals surface area contributed by atoms with Gasteiger partial charge >= 0.3 is 247 Å². The molecule has 208 valence electrons. The van der Waals surface area contributed by atoms with Crippen molar-refractivity contribution < 1.29 is 47.7 Å². The van der Waals surface area contributed by atoms with Gasteiger partial charge in [0.15, 0.2) is 0 Å². The number of rotatable bonds is 4. The Morgan fingerprint density at radius 1 is 0.463 bits per heavy atom. The van der Waals surface area contributed by atoms with Gasteiger partial charge in [-0.25, -0.2) is 0 Å². The van der Waals surface area contributed by atoms with Gasteiger partial charge in [-0.05, 0) is 0 Å². The van der Waals surface area contributed by atoms with Crippen molar-refractivity contribution >= 4 is 23.3 Å². The first-order valence-electron chi connectivity index (χ1n) is 14.2. The molecule has 2 atom stereocenters. The summed E-state index contributed by atoms with van der Waals surface area (Å²) in [5.41, 5.74) is 14.9. The van der Waals surface area contributed by atoms with Gasteiger partial charge in [0.2, 0.25) is 0 Å². The van der Waals surface area contributed by atoms with Crippen LogP contribution >= 0.6 is 0 Å². The summed E-state index contributed by atoms with van der Waals surface area (Å²) in [7, 11) is 0. The van der Waals surface area contributed by atoms with Gasteiger partial charge in [0.05, 0.1) is 0 Å². The summed E-state index contributed by atoms with van der Waals surface area (Å²) in [4.78, 5) is 0. The van der Waals surface area contributed by atoms with Crippen LogP contribution in [0.3, 0.4) is 0 Å². The molecular formula is C38H38Cl2Hf. The second kappa shape index (κ2) is 12.2. The quantitative estimate of drug-likeness (QED) is 0.275. The van der Waals surface area contributed by atoms with Crippen molar-refractivity contribution in [3.63, 3.8) is 0 Å². The zero-order valence-corrected chi connectivity index (χ0v) is 29.9. The minimum Gasteiger partial charge on any atom is -1.00 e. The van der Waals surface area contributed by atoms with Gasteiger partial charge in [0.25, 0.3) is 0 Å². The molecule has 0 nitrogen and oxygen atoms in total. The summed E-state index contributed by atoms with van der Waals surface area (Å²) in [6, 6.07) is 37.1. The SMILES string of the molecule is CC(C)(C)c1ccc(C2=Cc3ccccc3[CH]2[Hf+2][CH]2C(c3ccc(C(C)(C)C)cc3)=Cc3ccccc32)cc1.[Cl-].[Cl-]. The molecule has 6 rings (SSSR count). The second-order valence-electron chi connectivity index (χ2n) is 13.1. The van der Waals surface area contributed by atoms with Crippen molar-refractivity contribution in [3.8, 4) is 0 Å². The van der Waals surface area contributed by atoms with Crippen molar-refractivity contribution in [1.82, 2.24) is 0 Å². The molecular weight excluding hydrogens is 706 g/mol. The largest absolute Gasteiger partial charge is 1.00 e. The third kappa shape index (κ3) is 6.29. The number of halogens is 2. The van der Waals surface area contributed by atoms with Gasteiger partial charge in [0.1, 0.15) is 0 Å². The van der Waals surface area contributed by atoms with E-state index in [1.807, 2.05) is 0 Å². The molecule has 0 saturated carbocycles. The van der Waals surface area contributed by atoms with E-state index >= 15 is 0 Å². The third-order valence-electron chi connectivity index (χ3n) is 8.36. The molecule has 41 heavy (non-hydrogen) atoms. The molecule has 0 aromatic heterocycles. The molecule has 0 radical (unpaired) electrons. The summed E-state index contributed by atoms with van der Waals surface area (Å²) in [6.45, 7) is 13.8. The predicted molar refractivity (Wildman–Crippen MR) is 164 cm³/mol. The molecule has 0 spiro atoms. The molecule has 0 N–H and O–H groups in total. The summed E-state index contributed by atoms with van der Waals surface area (Å²) >= 11 is -1.33. The van der Waals surface area contributed by atoms with Gasteiger partial charge in [-0.1, -0.05) is 0 Å². The van der Waals surface area contributed by atoms with Gasteiger partial charge < -0.3 is 24.8 Å². The van der Waals surface area contributed by atoms with Crippen molar-refractivity contribution in [2.24, 2.45) is 0 Å². The number of hydrogen-bond acceptors (Lipinski definition) is 0. The smallest absolute Gasteiger partial charge is 1.00 e. The van der Waals surface area contributed by atoms with E-state index in [4.69, 9.17) is 0 Å². The van der Waals surface area contributed by atoms with Crippen molar-refractivity contribution in [2.45, 2.75) is 59.7 Å².